The van der Waals surface area contributed by atoms with E-state index < -0.39 is 38.8 Å². The summed E-state index contributed by atoms with van der Waals surface area (Å²) >= 11 is 5.96. The number of carbonyl (C=O) groups excluding carboxylic acids is 1. The highest BCUT2D eigenvalue weighted by Gasteiger charge is 2.32. The number of nitrogens with zero attached hydrogens (tertiary/aromatic N) is 1. The molecule has 0 heterocycles. The maximum Gasteiger partial charge on any atom is 0.322 e. The molecule has 0 radical (unpaired) electrons. The third-order valence-corrected chi connectivity index (χ3v) is 5.03. The van der Waals surface area contributed by atoms with Gasteiger partial charge in [0.15, 0.2) is 5.75 Å². The normalized spacial score (nSPS) is 12.8. The Hall–Kier alpha value is -1.84. The molecule has 1 aromatic carbocycles. The van der Waals surface area contributed by atoms with Gasteiger partial charge in [-0.3, -0.25) is 9.59 Å². The van der Waals surface area contributed by atoms with E-state index in [1.54, 1.807) is 13.8 Å². The van der Waals surface area contributed by atoms with Gasteiger partial charge in [-0.2, -0.15) is 4.72 Å². The van der Waals surface area contributed by atoms with Crippen molar-refractivity contribution in [2.24, 2.45) is 5.92 Å². The van der Waals surface area contributed by atoms with Crippen LogP contribution in [0.5, 0.6) is 5.75 Å². The maximum absolute atomic E-state index is 12.7. The molecule has 0 aliphatic heterocycles. The van der Waals surface area contributed by atoms with E-state index in [2.05, 4.69) is 4.72 Å². The maximum atomic E-state index is 12.7. The van der Waals surface area contributed by atoms with Crippen LogP contribution in [0.25, 0.3) is 0 Å². The van der Waals surface area contributed by atoms with Crippen LogP contribution >= 0.6 is 11.6 Å². The van der Waals surface area contributed by atoms with Gasteiger partial charge in [0.2, 0.25) is 10.0 Å². The van der Waals surface area contributed by atoms with Gasteiger partial charge >= 0.3 is 5.97 Å². The molecule has 8 nitrogen and oxygen atoms in total. The number of hydrogen-bond acceptors (Lipinski definition) is 5. The predicted molar refractivity (Wildman–Crippen MR) is 92.6 cm³/mol. The highest BCUT2D eigenvalue weighted by molar-refractivity contribution is 7.89. The van der Waals surface area contributed by atoms with E-state index in [1.165, 1.54) is 32.2 Å². The van der Waals surface area contributed by atoms with Crippen molar-refractivity contribution in [3.05, 3.63) is 22.7 Å². The fourth-order valence-electron chi connectivity index (χ4n) is 2.08. The Morgan fingerprint density at radius 2 is 1.84 bits per heavy atom. The number of carbonyl (C=O) groups is 2. The zero-order valence-corrected chi connectivity index (χ0v) is 16.1. The Morgan fingerprint density at radius 3 is 2.24 bits per heavy atom. The zero-order chi connectivity index (χ0) is 19.5. The van der Waals surface area contributed by atoms with Gasteiger partial charge in [0.1, 0.15) is 10.9 Å². The first-order chi connectivity index (χ1) is 11.4. The van der Waals surface area contributed by atoms with Crippen molar-refractivity contribution >= 4 is 33.5 Å². The summed E-state index contributed by atoms with van der Waals surface area (Å²) in [6, 6.07) is 1.05. The smallest absolute Gasteiger partial charge is 0.322 e. The number of nitrogens with one attached hydrogen (secondary N) is 1. The Kier molecular flexibility index (Phi) is 6.81. The SMILES string of the molecule is COc1c(C(=O)N(C)C)cc(Cl)cc1S(=O)(=O)NC(C(=O)O)C(C)C. The standard InChI is InChI=1S/C15H21ClN2O6S/c1-8(2)12(15(20)21)17-25(22,23)11-7-9(16)6-10(13(11)24-5)14(19)18(3)4/h6-8,12,17H,1-5H3,(H,20,21). The lowest BCUT2D eigenvalue weighted by Crippen LogP contribution is -2.44. The molecule has 0 spiro atoms. The van der Waals surface area contributed by atoms with E-state index in [-0.39, 0.29) is 16.3 Å². The number of ether oxygens (including phenoxy) is 1. The first kappa shape index (κ1) is 21.2. The van der Waals surface area contributed by atoms with E-state index in [4.69, 9.17) is 16.3 Å². The van der Waals surface area contributed by atoms with Crippen molar-refractivity contribution in [1.82, 2.24) is 9.62 Å². The minimum Gasteiger partial charge on any atom is -0.494 e. The van der Waals surface area contributed by atoms with Crippen LogP contribution in [0.2, 0.25) is 5.02 Å². The summed E-state index contributed by atoms with van der Waals surface area (Å²) in [5.41, 5.74) is -0.0446. The van der Waals surface area contributed by atoms with Crippen LogP contribution in [0.1, 0.15) is 24.2 Å². The molecule has 1 amide bonds. The fraction of sp³-hybridized carbons (Fsp3) is 0.467. The largest absolute Gasteiger partial charge is 0.494 e. The third kappa shape index (κ3) is 4.83. The first-order valence-corrected chi connectivity index (χ1v) is 9.12. The number of hydrogen-bond donors (Lipinski definition) is 2. The van der Waals surface area contributed by atoms with Crippen LogP contribution in [0.3, 0.4) is 0 Å². The molecule has 1 aromatic rings. The van der Waals surface area contributed by atoms with Crippen LogP contribution in [-0.4, -0.2) is 57.5 Å². The summed E-state index contributed by atoms with van der Waals surface area (Å²) in [6.45, 7) is 3.13. The molecule has 0 saturated carbocycles. The highest BCUT2D eigenvalue weighted by atomic mass is 35.5. The number of carboxylic acid groups (broad SMARTS) is 1. The molecule has 0 aliphatic rings. The second-order valence-electron chi connectivity index (χ2n) is 5.87. The lowest BCUT2D eigenvalue weighted by Gasteiger charge is -2.21. The number of benzene rings is 1. The van der Waals surface area contributed by atoms with E-state index in [0.717, 1.165) is 6.07 Å². The summed E-state index contributed by atoms with van der Waals surface area (Å²) < 4.78 is 32.6. The zero-order valence-electron chi connectivity index (χ0n) is 14.5. The van der Waals surface area contributed by atoms with Gasteiger partial charge in [-0.1, -0.05) is 25.4 Å². The number of halogens is 1. The topological polar surface area (TPSA) is 113 Å². The Labute approximate surface area is 151 Å². The number of sulfonamides is 1. The van der Waals surface area contributed by atoms with E-state index in [9.17, 15) is 23.1 Å². The summed E-state index contributed by atoms with van der Waals surface area (Å²) in [5.74, 6) is -2.53. The molecule has 1 atom stereocenters. The van der Waals surface area contributed by atoms with Crippen molar-refractivity contribution in [3.8, 4) is 5.75 Å². The lowest BCUT2D eigenvalue weighted by atomic mass is 10.1. The third-order valence-electron chi connectivity index (χ3n) is 3.36. The molecule has 1 rings (SSSR count). The molecule has 1 unspecified atom stereocenters. The molecule has 10 heteroatoms. The summed E-state index contributed by atoms with van der Waals surface area (Å²) in [5, 5.41) is 9.21. The number of aliphatic carboxylic acids is 1. The highest BCUT2D eigenvalue weighted by Crippen LogP contribution is 2.32. The van der Waals surface area contributed by atoms with Crippen molar-refractivity contribution in [2.45, 2.75) is 24.8 Å². The Balaban J connectivity index is 3.55. The molecule has 140 valence electrons. The minimum atomic E-state index is -4.31. The number of amides is 1. The molecule has 0 bridgehead atoms. The summed E-state index contributed by atoms with van der Waals surface area (Å²) in [7, 11) is -0.105. The van der Waals surface area contributed by atoms with Crippen molar-refractivity contribution in [2.75, 3.05) is 21.2 Å². The average molecular weight is 393 g/mol. The number of methoxy groups -OCH3 is 1. The van der Waals surface area contributed by atoms with Gasteiger partial charge in [0.25, 0.3) is 5.91 Å². The molecule has 25 heavy (non-hydrogen) atoms. The van der Waals surface area contributed by atoms with Crippen LogP contribution < -0.4 is 9.46 Å². The van der Waals surface area contributed by atoms with Crippen LogP contribution in [0.4, 0.5) is 0 Å². The van der Waals surface area contributed by atoms with E-state index >= 15 is 0 Å². The van der Waals surface area contributed by atoms with Crippen LogP contribution in [-0.2, 0) is 14.8 Å². The molecule has 0 aromatic heterocycles. The number of carboxylic acids is 1. The van der Waals surface area contributed by atoms with Gasteiger partial charge in [0, 0.05) is 19.1 Å². The summed E-state index contributed by atoms with van der Waals surface area (Å²) in [6.07, 6.45) is 0. The molecule has 2 N–H and O–H groups in total. The van der Waals surface area contributed by atoms with Crippen LogP contribution in [0.15, 0.2) is 17.0 Å². The molecule has 0 fully saturated rings. The van der Waals surface area contributed by atoms with Gasteiger partial charge < -0.3 is 14.7 Å². The molecular formula is C15H21ClN2O6S. The van der Waals surface area contributed by atoms with Crippen molar-refractivity contribution in [1.29, 1.82) is 0 Å². The minimum absolute atomic E-state index is 0.00259. The van der Waals surface area contributed by atoms with Crippen LogP contribution in [0, 0.1) is 5.92 Å². The van der Waals surface area contributed by atoms with Gasteiger partial charge in [0.05, 0.1) is 12.7 Å². The average Bonchev–Trinajstić information content (AvgIpc) is 2.50. The van der Waals surface area contributed by atoms with Crippen molar-refractivity contribution < 1.29 is 27.9 Å². The summed E-state index contributed by atoms with van der Waals surface area (Å²) in [4.78, 5) is 24.4. The lowest BCUT2D eigenvalue weighted by molar-refractivity contribution is -0.140. The van der Waals surface area contributed by atoms with Gasteiger partial charge in [-0.25, -0.2) is 8.42 Å². The van der Waals surface area contributed by atoms with Gasteiger partial charge in [-0.15, -0.1) is 0 Å². The second-order valence-corrected chi connectivity index (χ2v) is 7.98. The predicted octanol–water partition coefficient (Wildman–Crippen LogP) is 1.44. The molecule has 0 aliphatic carbocycles. The first-order valence-electron chi connectivity index (χ1n) is 7.26. The number of rotatable bonds is 7. The monoisotopic (exact) mass is 392 g/mol. The van der Waals surface area contributed by atoms with Gasteiger partial charge in [-0.05, 0) is 18.1 Å². The van der Waals surface area contributed by atoms with E-state index in [0.29, 0.717) is 0 Å². The van der Waals surface area contributed by atoms with E-state index in [1.807, 2.05) is 0 Å². The fourth-order valence-corrected chi connectivity index (χ4v) is 3.92. The Bertz CT molecular complexity index is 776. The second kappa shape index (κ2) is 8.03. The Morgan fingerprint density at radius 1 is 1.28 bits per heavy atom. The molecular weight excluding hydrogens is 372 g/mol. The van der Waals surface area contributed by atoms with Crippen molar-refractivity contribution in [3.63, 3.8) is 0 Å². The quantitative estimate of drug-likeness (QED) is 0.725. The molecule has 0 saturated heterocycles.